The molecule has 2 heterocycles. The quantitative estimate of drug-likeness (QED) is 0.453. The van der Waals surface area contributed by atoms with Gasteiger partial charge in [-0.2, -0.15) is 0 Å². The zero-order chi connectivity index (χ0) is 27.9. The van der Waals surface area contributed by atoms with E-state index in [-0.39, 0.29) is 17.9 Å². The van der Waals surface area contributed by atoms with Gasteiger partial charge in [0.1, 0.15) is 0 Å². The summed E-state index contributed by atoms with van der Waals surface area (Å²) in [5.74, 6) is 0.118. The van der Waals surface area contributed by atoms with Gasteiger partial charge in [-0.3, -0.25) is 9.59 Å². The molecule has 38 heavy (non-hydrogen) atoms. The van der Waals surface area contributed by atoms with E-state index in [1.165, 1.54) is 12.8 Å². The van der Waals surface area contributed by atoms with Crippen molar-refractivity contribution in [3.8, 4) is 11.1 Å². The van der Waals surface area contributed by atoms with Gasteiger partial charge in [0, 0.05) is 36.9 Å². The number of likely N-dealkylation sites (N-methyl/N-ethyl adjacent to an activating group) is 2. The molecule has 2 fully saturated rings. The Morgan fingerprint density at radius 2 is 1.37 bits per heavy atom. The molecule has 2 aliphatic rings. The minimum atomic E-state index is -0.539. The first-order valence-corrected chi connectivity index (χ1v) is 14.3. The molecule has 6 heteroatoms. The molecule has 0 saturated carbocycles. The van der Waals surface area contributed by atoms with Gasteiger partial charge in [0.2, 0.25) is 0 Å². The Morgan fingerprint density at radius 1 is 0.789 bits per heavy atom. The van der Waals surface area contributed by atoms with Crippen LogP contribution in [0.5, 0.6) is 0 Å². The molecular formula is C32H48N4O2+2. The molecule has 1 atom stereocenters. The summed E-state index contributed by atoms with van der Waals surface area (Å²) in [5, 5.41) is 6.62. The van der Waals surface area contributed by atoms with Crippen LogP contribution in [0.4, 0.5) is 11.4 Å². The molecule has 4 rings (SSSR count). The van der Waals surface area contributed by atoms with Crippen molar-refractivity contribution < 1.29 is 18.6 Å². The van der Waals surface area contributed by atoms with E-state index in [2.05, 4.69) is 70.6 Å². The second-order valence-corrected chi connectivity index (χ2v) is 12.8. The Bertz CT molecular complexity index is 1220. The van der Waals surface area contributed by atoms with E-state index in [4.69, 9.17) is 0 Å². The summed E-state index contributed by atoms with van der Waals surface area (Å²) >= 11 is 0. The second kappa shape index (κ2) is 10.5. The summed E-state index contributed by atoms with van der Waals surface area (Å²) in [6.45, 7) is 16.5. The number of anilines is 2. The maximum absolute atomic E-state index is 13.8. The summed E-state index contributed by atoms with van der Waals surface area (Å²) in [7, 11) is 4.40. The van der Waals surface area contributed by atoms with Crippen LogP contribution in [0.1, 0.15) is 63.1 Å². The van der Waals surface area contributed by atoms with Crippen LogP contribution in [-0.4, -0.2) is 72.6 Å². The summed E-state index contributed by atoms with van der Waals surface area (Å²) in [6, 6.07) is 10.2. The van der Waals surface area contributed by atoms with Gasteiger partial charge in [0.25, 0.3) is 11.8 Å². The van der Waals surface area contributed by atoms with Crippen LogP contribution in [0.3, 0.4) is 0 Å². The number of amides is 2. The zero-order valence-electron chi connectivity index (χ0n) is 24.8. The number of hydrogen-bond donors (Lipinski definition) is 2. The maximum atomic E-state index is 13.8. The summed E-state index contributed by atoms with van der Waals surface area (Å²) < 4.78 is 1.56. The Hall–Kier alpha value is -2.70. The first-order valence-electron chi connectivity index (χ1n) is 14.3. The van der Waals surface area contributed by atoms with E-state index in [1.807, 2.05) is 26.0 Å². The third-order valence-corrected chi connectivity index (χ3v) is 10.1. The predicted octanol–water partition coefficient (Wildman–Crippen LogP) is 5.80. The lowest BCUT2D eigenvalue weighted by Gasteiger charge is -2.43. The number of likely N-dealkylation sites (tertiary alicyclic amines) is 2. The number of para-hydroxylation sites is 1. The fourth-order valence-electron chi connectivity index (χ4n) is 6.45. The molecular weight excluding hydrogens is 472 g/mol. The Morgan fingerprint density at radius 3 is 2.00 bits per heavy atom. The van der Waals surface area contributed by atoms with E-state index >= 15 is 0 Å². The van der Waals surface area contributed by atoms with Crippen molar-refractivity contribution in [1.82, 2.24) is 0 Å². The third-order valence-electron chi connectivity index (χ3n) is 10.1. The van der Waals surface area contributed by atoms with Crippen LogP contribution in [0.15, 0.2) is 30.3 Å². The number of nitrogens with zero attached hydrogens (tertiary/aromatic N) is 2. The topological polar surface area (TPSA) is 58.2 Å². The highest BCUT2D eigenvalue weighted by Gasteiger charge is 2.48. The highest BCUT2D eigenvalue weighted by Crippen LogP contribution is 2.38. The van der Waals surface area contributed by atoms with E-state index in [0.29, 0.717) is 0 Å². The van der Waals surface area contributed by atoms with Crippen LogP contribution in [0.25, 0.3) is 11.1 Å². The highest BCUT2D eigenvalue weighted by molar-refractivity contribution is 6.02. The Balaban J connectivity index is 1.66. The zero-order valence-corrected chi connectivity index (χ0v) is 24.8. The number of carbonyl (C=O) groups is 2. The molecule has 2 N–H and O–H groups in total. The van der Waals surface area contributed by atoms with Crippen LogP contribution in [0, 0.1) is 20.8 Å². The number of hydrogen-bond acceptors (Lipinski definition) is 2. The molecule has 2 aromatic rings. The third kappa shape index (κ3) is 5.01. The number of carbonyl (C=O) groups excluding carboxylic acids is 2. The normalized spacial score (nSPS) is 19.3. The molecule has 2 saturated heterocycles. The number of benzene rings is 2. The van der Waals surface area contributed by atoms with Crippen molar-refractivity contribution in [2.24, 2.45) is 0 Å². The Kier molecular flexibility index (Phi) is 7.79. The van der Waals surface area contributed by atoms with Crippen molar-refractivity contribution in [3.05, 3.63) is 47.0 Å². The summed E-state index contributed by atoms with van der Waals surface area (Å²) in [6.07, 6.45) is 4.68. The van der Waals surface area contributed by atoms with Gasteiger partial charge in [0.05, 0.1) is 46.0 Å². The first-order chi connectivity index (χ1) is 17.8. The van der Waals surface area contributed by atoms with Gasteiger partial charge in [-0.15, -0.1) is 0 Å². The van der Waals surface area contributed by atoms with Crippen molar-refractivity contribution in [2.45, 2.75) is 78.8 Å². The van der Waals surface area contributed by atoms with Crippen LogP contribution < -0.4 is 10.6 Å². The average molecular weight is 521 g/mol. The molecule has 2 aromatic carbocycles. The largest absolute Gasteiger partial charge is 0.320 e. The molecule has 0 radical (unpaired) electrons. The fraction of sp³-hybridized carbons (Fsp3) is 0.562. The van der Waals surface area contributed by atoms with Crippen LogP contribution in [0.2, 0.25) is 0 Å². The lowest BCUT2D eigenvalue weighted by molar-refractivity contribution is -0.934. The molecule has 0 spiro atoms. The molecule has 206 valence electrons. The summed E-state index contributed by atoms with van der Waals surface area (Å²) in [5.41, 5.74) is 6.29. The van der Waals surface area contributed by atoms with Gasteiger partial charge < -0.3 is 19.6 Å². The van der Waals surface area contributed by atoms with E-state index in [1.54, 1.807) is 0 Å². The molecule has 1 unspecified atom stereocenters. The van der Waals surface area contributed by atoms with E-state index in [0.717, 1.165) is 87.2 Å². The Labute approximate surface area is 229 Å². The molecule has 0 aliphatic carbocycles. The second-order valence-electron chi connectivity index (χ2n) is 12.8. The number of aryl methyl sites for hydroxylation is 2. The molecule has 6 nitrogen and oxygen atoms in total. The minimum absolute atomic E-state index is 0.0483. The predicted molar refractivity (Wildman–Crippen MR) is 157 cm³/mol. The molecule has 0 bridgehead atoms. The number of rotatable bonds is 7. The standard InChI is InChI=1S/C32H46N4O2/c1-22-14-13-15-27(29(22)34-31(38)32(5,6)36(8)20-11-12-21-36)26-17-16-23(2)28(24(26)3)33-30(37)25(4)35(7)18-9-10-19-35/h13-17,25H,9-12,18-21H2,1-8H3/p+2. The van der Waals surface area contributed by atoms with Crippen LogP contribution in [-0.2, 0) is 9.59 Å². The number of quaternary nitrogens is 2. The SMILES string of the molecule is Cc1cccc(-c2ccc(C)c(NC(=O)C(C)[N+]3(C)CCCC3)c2C)c1NC(=O)C(C)(C)[N+]1(C)CCCC1. The first kappa shape index (κ1) is 28.3. The van der Waals surface area contributed by atoms with Gasteiger partial charge in [-0.1, -0.05) is 30.3 Å². The van der Waals surface area contributed by atoms with Crippen molar-refractivity contribution in [1.29, 1.82) is 0 Å². The van der Waals surface area contributed by atoms with Gasteiger partial charge in [0.15, 0.2) is 11.6 Å². The highest BCUT2D eigenvalue weighted by atomic mass is 16.2. The van der Waals surface area contributed by atoms with Crippen LogP contribution >= 0.6 is 0 Å². The van der Waals surface area contributed by atoms with Crippen molar-refractivity contribution in [3.63, 3.8) is 0 Å². The monoisotopic (exact) mass is 520 g/mol. The fourth-order valence-corrected chi connectivity index (χ4v) is 6.45. The van der Waals surface area contributed by atoms with Crippen molar-refractivity contribution >= 4 is 23.2 Å². The smallest absolute Gasteiger partial charge is 0.285 e. The summed E-state index contributed by atoms with van der Waals surface area (Å²) in [4.78, 5) is 27.2. The molecule has 0 aromatic heterocycles. The maximum Gasteiger partial charge on any atom is 0.285 e. The van der Waals surface area contributed by atoms with Gasteiger partial charge in [-0.25, -0.2) is 0 Å². The minimum Gasteiger partial charge on any atom is -0.320 e. The van der Waals surface area contributed by atoms with E-state index in [9.17, 15) is 9.59 Å². The van der Waals surface area contributed by atoms with Crippen molar-refractivity contribution in [2.75, 3.05) is 50.9 Å². The lowest BCUT2D eigenvalue weighted by atomic mass is 9.92. The molecule has 2 amide bonds. The average Bonchev–Trinajstić information content (AvgIpc) is 3.52. The lowest BCUT2D eigenvalue weighted by Crippen LogP contribution is -2.62. The van der Waals surface area contributed by atoms with E-state index < -0.39 is 5.54 Å². The van der Waals surface area contributed by atoms with Gasteiger partial charge >= 0.3 is 0 Å². The number of nitrogens with one attached hydrogen (secondary N) is 2. The van der Waals surface area contributed by atoms with Gasteiger partial charge in [-0.05, 0) is 63.8 Å². The molecule has 2 aliphatic heterocycles.